The van der Waals surface area contributed by atoms with E-state index in [4.69, 9.17) is 11.6 Å². The van der Waals surface area contributed by atoms with Gasteiger partial charge in [-0.25, -0.2) is 18.4 Å². The molecule has 21 heavy (non-hydrogen) atoms. The standard InChI is InChI=1S/C13H20ClN3O3S/c1-8(2)11-15-6-9(14)10(17-11)12(18)16-7-13(3,4)21(5,19)20/h6,8H,7H2,1-5H3,(H,16,18). The Morgan fingerprint density at radius 3 is 2.48 bits per heavy atom. The van der Waals surface area contributed by atoms with E-state index in [1.165, 1.54) is 6.20 Å². The van der Waals surface area contributed by atoms with Crippen LogP contribution in [0.25, 0.3) is 0 Å². The maximum Gasteiger partial charge on any atom is 0.271 e. The van der Waals surface area contributed by atoms with E-state index in [1.807, 2.05) is 13.8 Å². The third kappa shape index (κ3) is 4.38. The summed E-state index contributed by atoms with van der Waals surface area (Å²) in [5, 5.41) is 2.69. The zero-order valence-corrected chi connectivity index (χ0v) is 14.3. The molecule has 118 valence electrons. The molecule has 0 saturated heterocycles. The molecular formula is C13H20ClN3O3S. The topological polar surface area (TPSA) is 89.0 Å². The maximum absolute atomic E-state index is 12.1. The molecule has 1 rings (SSSR count). The Kier molecular flexibility index (Phi) is 5.33. The van der Waals surface area contributed by atoms with Crippen LogP contribution in [0.2, 0.25) is 5.02 Å². The average molecular weight is 334 g/mol. The molecule has 1 amide bonds. The predicted molar refractivity (Wildman–Crippen MR) is 82.4 cm³/mol. The van der Waals surface area contributed by atoms with E-state index in [1.54, 1.807) is 13.8 Å². The first kappa shape index (κ1) is 17.8. The normalized spacial score (nSPS) is 12.5. The molecule has 0 aromatic carbocycles. The highest BCUT2D eigenvalue weighted by molar-refractivity contribution is 7.92. The lowest BCUT2D eigenvalue weighted by atomic mass is 10.2. The first-order valence-electron chi connectivity index (χ1n) is 6.46. The zero-order valence-electron chi connectivity index (χ0n) is 12.8. The Labute approximate surface area is 130 Å². The largest absolute Gasteiger partial charge is 0.349 e. The number of nitrogens with one attached hydrogen (secondary N) is 1. The van der Waals surface area contributed by atoms with Crippen LogP contribution in [0.15, 0.2) is 6.20 Å². The van der Waals surface area contributed by atoms with E-state index in [-0.39, 0.29) is 23.2 Å². The van der Waals surface area contributed by atoms with Crippen LogP contribution < -0.4 is 5.32 Å². The molecule has 0 radical (unpaired) electrons. The fraction of sp³-hybridized carbons (Fsp3) is 0.615. The Balaban J connectivity index is 2.93. The molecule has 1 aromatic rings. The van der Waals surface area contributed by atoms with E-state index >= 15 is 0 Å². The van der Waals surface area contributed by atoms with Crippen molar-refractivity contribution in [3.63, 3.8) is 0 Å². The minimum Gasteiger partial charge on any atom is -0.349 e. The highest BCUT2D eigenvalue weighted by atomic mass is 35.5. The second-order valence-corrected chi connectivity index (χ2v) is 8.85. The van der Waals surface area contributed by atoms with Crippen molar-refractivity contribution in [3.05, 3.63) is 22.7 Å². The van der Waals surface area contributed by atoms with Crippen LogP contribution in [-0.2, 0) is 9.84 Å². The molecular weight excluding hydrogens is 314 g/mol. The molecule has 0 aliphatic heterocycles. The molecule has 0 spiro atoms. The molecule has 0 unspecified atom stereocenters. The van der Waals surface area contributed by atoms with Gasteiger partial charge in [0, 0.05) is 18.7 Å². The molecule has 0 aliphatic carbocycles. The number of hydrogen-bond acceptors (Lipinski definition) is 5. The number of amides is 1. The van der Waals surface area contributed by atoms with Gasteiger partial charge in [-0.05, 0) is 13.8 Å². The SMILES string of the molecule is CC(C)c1ncc(Cl)c(C(=O)NCC(C)(C)S(C)(=O)=O)n1. The summed E-state index contributed by atoms with van der Waals surface area (Å²) in [6.07, 6.45) is 2.51. The van der Waals surface area contributed by atoms with Gasteiger partial charge in [0.2, 0.25) is 0 Å². The summed E-state index contributed by atoms with van der Waals surface area (Å²) in [4.78, 5) is 20.3. The van der Waals surface area contributed by atoms with Crippen molar-refractivity contribution >= 4 is 27.3 Å². The third-order valence-electron chi connectivity index (χ3n) is 3.17. The monoisotopic (exact) mass is 333 g/mol. The Bertz CT molecular complexity index is 642. The summed E-state index contributed by atoms with van der Waals surface area (Å²) in [6, 6.07) is 0. The van der Waals surface area contributed by atoms with E-state index in [9.17, 15) is 13.2 Å². The van der Waals surface area contributed by atoms with Crippen LogP contribution >= 0.6 is 11.6 Å². The molecule has 1 aromatic heterocycles. The third-order valence-corrected chi connectivity index (χ3v) is 5.60. The van der Waals surface area contributed by atoms with Gasteiger partial charge in [-0.3, -0.25) is 4.79 Å². The van der Waals surface area contributed by atoms with Crippen LogP contribution in [0.4, 0.5) is 0 Å². The number of hydrogen-bond donors (Lipinski definition) is 1. The van der Waals surface area contributed by atoms with Crippen LogP contribution in [0.5, 0.6) is 0 Å². The van der Waals surface area contributed by atoms with Gasteiger partial charge in [-0.15, -0.1) is 0 Å². The minimum atomic E-state index is -3.29. The number of rotatable bonds is 5. The van der Waals surface area contributed by atoms with Crippen molar-refractivity contribution in [1.82, 2.24) is 15.3 Å². The molecule has 0 fully saturated rings. The summed E-state index contributed by atoms with van der Waals surface area (Å²) in [5.74, 6) is 0.0502. The molecule has 1 heterocycles. The fourth-order valence-corrected chi connectivity index (χ4v) is 1.84. The van der Waals surface area contributed by atoms with Gasteiger partial charge in [0.05, 0.1) is 16.0 Å². The molecule has 1 N–H and O–H groups in total. The maximum atomic E-state index is 12.1. The summed E-state index contributed by atoms with van der Waals surface area (Å²) >= 11 is 5.93. The second-order valence-electron chi connectivity index (χ2n) is 5.79. The number of aromatic nitrogens is 2. The van der Waals surface area contributed by atoms with Gasteiger partial charge in [0.1, 0.15) is 11.5 Å². The number of halogens is 1. The molecule has 0 saturated carbocycles. The van der Waals surface area contributed by atoms with E-state index < -0.39 is 20.5 Å². The molecule has 8 heteroatoms. The smallest absolute Gasteiger partial charge is 0.271 e. The lowest BCUT2D eigenvalue weighted by Gasteiger charge is -2.22. The van der Waals surface area contributed by atoms with Gasteiger partial charge in [0.25, 0.3) is 5.91 Å². The number of nitrogens with zero attached hydrogens (tertiary/aromatic N) is 2. The molecule has 0 atom stereocenters. The van der Waals surface area contributed by atoms with Crippen LogP contribution in [0.3, 0.4) is 0 Å². The van der Waals surface area contributed by atoms with Gasteiger partial charge >= 0.3 is 0 Å². The average Bonchev–Trinajstić information content (AvgIpc) is 2.35. The zero-order chi connectivity index (χ0) is 16.4. The number of carbonyl (C=O) groups is 1. The van der Waals surface area contributed by atoms with Gasteiger partial charge in [0.15, 0.2) is 9.84 Å². The highest BCUT2D eigenvalue weighted by Gasteiger charge is 2.31. The summed E-state index contributed by atoms with van der Waals surface area (Å²) in [7, 11) is -3.29. The molecule has 0 aliphatic rings. The lowest BCUT2D eigenvalue weighted by molar-refractivity contribution is 0.0945. The van der Waals surface area contributed by atoms with E-state index in [0.717, 1.165) is 6.26 Å². The van der Waals surface area contributed by atoms with Crippen molar-refractivity contribution in [3.8, 4) is 0 Å². The van der Waals surface area contributed by atoms with Crippen LogP contribution in [0.1, 0.15) is 49.9 Å². The summed E-state index contributed by atoms with van der Waals surface area (Å²) in [6.45, 7) is 6.87. The van der Waals surface area contributed by atoms with Crippen molar-refractivity contribution < 1.29 is 13.2 Å². The van der Waals surface area contributed by atoms with Crippen molar-refractivity contribution in [2.45, 2.75) is 38.4 Å². The van der Waals surface area contributed by atoms with Crippen LogP contribution in [-0.4, -0.2) is 41.8 Å². The van der Waals surface area contributed by atoms with Gasteiger partial charge in [-0.1, -0.05) is 25.4 Å². The summed E-state index contributed by atoms with van der Waals surface area (Å²) in [5.41, 5.74) is 0.0552. The minimum absolute atomic E-state index is 0.0258. The Morgan fingerprint density at radius 1 is 1.43 bits per heavy atom. The second kappa shape index (κ2) is 6.27. The lowest BCUT2D eigenvalue weighted by Crippen LogP contribution is -2.44. The van der Waals surface area contributed by atoms with E-state index in [2.05, 4.69) is 15.3 Å². The van der Waals surface area contributed by atoms with Crippen molar-refractivity contribution in [2.75, 3.05) is 12.8 Å². The first-order valence-corrected chi connectivity index (χ1v) is 8.73. The van der Waals surface area contributed by atoms with Crippen LogP contribution in [0, 0.1) is 0 Å². The van der Waals surface area contributed by atoms with Gasteiger partial charge < -0.3 is 5.32 Å². The molecule has 6 nitrogen and oxygen atoms in total. The Hall–Kier alpha value is -1.21. The number of carbonyl (C=O) groups excluding carboxylic acids is 1. The van der Waals surface area contributed by atoms with E-state index in [0.29, 0.717) is 5.82 Å². The highest BCUT2D eigenvalue weighted by Crippen LogP contribution is 2.17. The quantitative estimate of drug-likeness (QED) is 0.887. The Morgan fingerprint density at radius 2 is 2.00 bits per heavy atom. The van der Waals surface area contributed by atoms with Crippen molar-refractivity contribution in [1.29, 1.82) is 0 Å². The number of sulfone groups is 1. The predicted octanol–water partition coefficient (Wildman–Crippen LogP) is 1.81. The van der Waals surface area contributed by atoms with Gasteiger partial charge in [-0.2, -0.15) is 0 Å². The fourth-order valence-electron chi connectivity index (χ4n) is 1.33. The van der Waals surface area contributed by atoms with Crippen molar-refractivity contribution in [2.24, 2.45) is 0 Å². The first-order chi connectivity index (χ1) is 9.45. The molecule has 0 bridgehead atoms. The summed E-state index contributed by atoms with van der Waals surface area (Å²) < 4.78 is 22.2.